The molecular formula is C32H40F3N7O2. The predicted octanol–water partition coefficient (Wildman–Crippen LogP) is 4.60. The van der Waals surface area contributed by atoms with Crippen LogP contribution in [0.3, 0.4) is 0 Å². The molecule has 2 aromatic rings. The maximum Gasteiger partial charge on any atom is 0.416 e. The van der Waals surface area contributed by atoms with Gasteiger partial charge in [-0.1, -0.05) is 12.6 Å². The van der Waals surface area contributed by atoms with Crippen molar-refractivity contribution in [3.05, 3.63) is 64.7 Å². The number of hydrogen-bond donors (Lipinski definition) is 0. The number of piperazine rings is 1. The van der Waals surface area contributed by atoms with E-state index in [-0.39, 0.29) is 41.5 Å². The summed E-state index contributed by atoms with van der Waals surface area (Å²) in [6, 6.07) is 4.08. The molecule has 3 aliphatic rings. The first kappa shape index (κ1) is 31.6. The van der Waals surface area contributed by atoms with Gasteiger partial charge in [-0.05, 0) is 71.0 Å². The predicted molar refractivity (Wildman–Crippen MR) is 163 cm³/mol. The second-order valence-corrected chi connectivity index (χ2v) is 12.6. The number of hydrogen-bond acceptors (Lipinski definition) is 7. The lowest BCUT2D eigenvalue weighted by Crippen LogP contribution is -2.56. The van der Waals surface area contributed by atoms with Crippen LogP contribution in [0.15, 0.2) is 30.9 Å². The van der Waals surface area contributed by atoms with Crippen LogP contribution in [0.1, 0.15) is 42.1 Å². The molecule has 1 amide bonds. The molecule has 9 nitrogen and oxygen atoms in total. The van der Waals surface area contributed by atoms with E-state index >= 15 is 0 Å². The largest absolute Gasteiger partial charge is 0.463 e. The Morgan fingerprint density at radius 2 is 2.02 bits per heavy atom. The molecule has 1 aromatic heterocycles. The van der Waals surface area contributed by atoms with E-state index in [4.69, 9.17) is 21.3 Å². The molecule has 44 heavy (non-hydrogen) atoms. The molecule has 12 heteroatoms. The number of rotatable bonds is 9. The Bertz CT molecular complexity index is 1450. The second kappa shape index (κ2) is 12.3. The number of amides is 1. The van der Waals surface area contributed by atoms with Gasteiger partial charge in [-0.25, -0.2) is 6.57 Å². The van der Waals surface area contributed by atoms with Crippen molar-refractivity contribution in [1.82, 2.24) is 19.8 Å². The third kappa shape index (κ3) is 6.48. The Morgan fingerprint density at radius 1 is 1.27 bits per heavy atom. The lowest BCUT2D eigenvalue weighted by atomic mass is 9.95. The van der Waals surface area contributed by atoms with Crippen LogP contribution in [0.25, 0.3) is 4.85 Å². The molecule has 0 bridgehead atoms. The number of anilines is 2. The molecule has 3 heterocycles. The van der Waals surface area contributed by atoms with Gasteiger partial charge in [0.2, 0.25) is 12.5 Å². The van der Waals surface area contributed by atoms with Crippen molar-refractivity contribution in [2.24, 2.45) is 5.41 Å². The molecule has 2 atom stereocenters. The monoisotopic (exact) mass is 611 g/mol. The minimum Gasteiger partial charge on any atom is -0.463 e. The van der Waals surface area contributed by atoms with E-state index in [1.807, 2.05) is 25.9 Å². The minimum absolute atomic E-state index is 0.0516. The van der Waals surface area contributed by atoms with Crippen molar-refractivity contribution in [1.29, 1.82) is 0 Å². The summed E-state index contributed by atoms with van der Waals surface area (Å²) in [7, 11) is 4.07. The molecule has 1 saturated heterocycles. The minimum atomic E-state index is -4.45. The summed E-state index contributed by atoms with van der Waals surface area (Å²) < 4.78 is 47.6. The molecule has 0 spiro atoms. The van der Waals surface area contributed by atoms with E-state index in [0.717, 1.165) is 31.0 Å². The average molecular weight is 612 g/mol. The molecule has 0 radical (unpaired) electrons. The second-order valence-electron chi connectivity index (χ2n) is 12.6. The lowest BCUT2D eigenvalue weighted by Gasteiger charge is -2.42. The van der Waals surface area contributed by atoms with Crippen LogP contribution in [0.2, 0.25) is 0 Å². The highest BCUT2D eigenvalue weighted by Crippen LogP contribution is 2.46. The Hall–Kier alpha value is -3.85. The number of alkyl halides is 3. The number of nitrogens with zero attached hydrogens (tertiary/aromatic N) is 7. The van der Waals surface area contributed by atoms with Crippen LogP contribution in [0.5, 0.6) is 6.01 Å². The molecule has 2 aliphatic heterocycles. The van der Waals surface area contributed by atoms with E-state index in [9.17, 15) is 18.0 Å². The van der Waals surface area contributed by atoms with E-state index in [0.29, 0.717) is 56.4 Å². The Kier molecular flexibility index (Phi) is 8.80. The number of carbonyl (C=O) groups excluding carboxylic acids is 1. The number of fused-ring (bicyclic) bond motifs is 1. The van der Waals surface area contributed by atoms with Crippen molar-refractivity contribution < 1.29 is 22.7 Å². The van der Waals surface area contributed by atoms with E-state index in [1.54, 1.807) is 11.0 Å². The quantitative estimate of drug-likeness (QED) is 0.303. The van der Waals surface area contributed by atoms with Crippen LogP contribution in [0, 0.1) is 18.9 Å². The van der Waals surface area contributed by atoms with Gasteiger partial charge >= 0.3 is 12.2 Å². The molecule has 2 fully saturated rings. The van der Waals surface area contributed by atoms with Gasteiger partial charge in [-0.15, -0.1) is 0 Å². The zero-order valence-corrected chi connectivity index (χ0v) is 25.8. The molecule has 0 N–H and O–H groups in total. The summed E-state index contributed by atoms with van der Waals surface area (Å²) in [4.78, 5) is 33.8. The van der Waals surface area contributed by atoms with Gasteiger partial charge in [-0.2, -0.15) is 23.1 Å². The molecule has 236 valence electrons. The third-order valence-electron chi connectivity index (χ3n) is 8.98. The van der Waals surface area contributed by atoms with Crippen LogP contribution < -0.4 is 14.5 Å². The summed E-state index contributed by atoms with van der Waals surface area (Å²) in [5, 5.41) is 0. The summed E-state index contributed by atoms with van der Waals surface area (Å²) in [5.74, 6) is 0.499. The summed E-state index contributed by atoms with van der Waals surface area (Å²) >= 11 is 0. The Labute approximate surface area is 257 Å². The number of aromatic nitrogens is 2. The topological polar surface area (TPSA) is 69.4 Å². The lowest BCUT2D eigenvalue weighted by molar-refractivity contribution is -0.138. The molecule has 1 saturated carbocycles. The number of carbonyl (C=O) groups is 1. The fraction of sp³-hybridized carbons (Fsp3) is 0.562. The standard InChI is InChI=1S/C32H40F3N7O2/c1-7-28(43)41-14-13-40(17-23(41)16-36-4)29-24-15-21(2)42(27-10-8-9-25(22(27)3)32(33,34)35)18-26(24)37-30(38-29)44-20-31(11-12-31)19-39(5)6/h7-10,21,23H,1,11-20H2,2-3,5-6H3/t21-,23-/m0/s1. The van der Waals surface area contributed by atoms with E-state index in [1.165, 1.54) is 19.1 Å². The van der Waals surface area contributed by atoms with Crippen LogP contribution in [-0.2, 0) is 23.9 Å². The van der Waals surface area contributed by atoms with Gasteiger partial charge in [0.15, 0.2) is 0 Å². The number of ether oxygens (including phenoxy) is 1. The van der Waals surface area contributed by atoms with Gasteiger partial charge in [0.05, 0.1) is 24.4 Å². The van der Waals surface area contributed by atoms with Crippen molar-refractivity contribution in [2.75, 3.05) is 63.2 Å². The number of halogens is 3. The van der Waals surface area contributed by atoms with Gasteiger partial charge in [0.25, 0.3) is 0 Å². The average Bonchev–Trinajstić information content (AvgIpc) is 3.73. The third-order valence-corrected chi connectivity index (χ3v) is 8.98. The first-order chi connectivity index (χ1) is 20.9. The summed E-state index contributed by atoms with van der Waals surface area (Å²) in [6.07, 6.45) is -0.542. The van der Waals surface area contributed by atoms with Crippen LogP contribution in [-0.4, -0.2) is 91.2 Å². The van der Waals surface area contributed by atoms with Gasteiger partial charge in [-0.3, -0.25) is 4.79 Å². The van der Waals surface area contributed by atoms with Gasteiger partial charge in [0, 0.05) is 48.9 Å². The Morgan fingerprint density at radius 3 is 2.66 bits per heavy atom. The maximum atomic E-state index is 13.8. The van der Waals surface area contributed by atoms with Crippen LogP contribution in [0.4, 0.5) is 24.7 Å². The zero-order valence-electron chi connectivity index (χ0n) is 25.8. The van der Waals surface area contributed by atoms with E-state index < -0.39 is 11.7 Å². The fourth-order valence-electron chi connectivity index (χ4n) is 6.58. The van der Waals surface area contributed by atoms with Crippen LogP contribution >= 0.6 is 0 Å². The van der Waals surface area contributed by atoms with Crippen molar-refractivity contribution in [3.63, 3.8) is 0 Å². The van der Waals surface area contributed by atoms with Crippen molar-refractivity contribution >= 4 is 17.4 Å². The highest BCUT2D eigenvalue weighted by atomic mass is 19.4. The summed E-state index contributed by atoms with van der Waals surface area (Å²) in [5.41, 5.74) is 1.75. The fourth-order valence-corrected chi connectivity index (χ4v) is 6.58. The summed E-state index contributed by atoms with van der Waals surface area (Å²) in [6.45, 7) is 17.7. The molecule has 0 unspecified atom stereocenters. The van der Waals surface area contributed by atoms with Gasteiger partial charge in [0.1, 0.15) is 11.9 Å². The Balaban J connectivity index is 1.51. The first-order valence-electron chi connectivity index (χ1n) is 15.0. The number of benzene rings is 1. The zero-order chi connectivity index (χ0) is 31.8. The smallest absolute Gasteiger partial charge is 0.416 e. The highest BCUT2D eigenvalue weighted by molar-refractivity contribution is 5.87. The molecule has 1 aromatic carbocycles. The SMILES string of the molecule is [C-]#[N+]C[C@H]1CN(c2nc(OCC3(CN(C)C)CC3)nc3c2C[C@H](C)N(c2cccc(C(F)(F)F)c2C)C3)CCN1C(=O)C=C. The maximum absolute atomic E-state index is 13.8. The van der Waals surface area contributed by atoms with Crippen molar-refractivity contribution in [3.8, 4) is 6.01 Å². The van der Waals surface area contributed by atoms with Gasteiger partial charge < -0.3 is 29.2 Å². The molecule has 1 aliphatic carbocycles. The van der Waals surface area contributed by atoms with E-state index in [2.05, 4.69) is 21.2 Å². The highest BCUT2D eigenvalue weighted by Gasteiger charge is 2.44. The molecular weight excluding hydrogens is 571 g/mol. The van der Waals surface area contributed by atoms with Crippen molar-refractivity contribution in [2.45, 2.75) is 57.9 Å². The first-order valence-corrected chi connectivity index (χ1v) is 15.0. The normalized spacial score (nSPS) is 21.1. The molecule has 5 rings (SSSR count).